The molecule has 1 aliphatic heterocycles. The second-order valence-corrected chi connectivity index (χ2v) is 7.74. The Kier molecular flexibility index (Phi) is 5.51. The predicted molar refractivity (Wildman–Crippen MR) is 117 cm³/mol. The van der Waals surface area contributed by atoms with Crippen molar-refractivity contribution in [1.82, 2.24) is 14.9 Å². The highest BCUT2D eigenvalue weighted by molar-refractivity contribution is 6.30. The molecule has 4 rings (SSSR count). The second kappa shape index (κ2) is 8.13. The Hall–Kier alpha value is -3.23. The number of ether oxygens (including phenoxy) is 2. The van der Waals surface area contributed by atoms with Crippen LogP contribution >= 0.6 is 11.6 Å². The number of fused-ring (bicyclic) bond motifs is 1. The summed E-state index contributed by atoms with van der Waals surface area (Å²) >= 11 is 6.11. The van der Waals surface area contributed by atoms with Crippen molar-refractivity contribution in [3.05, 3.63) is 78.4 Å². The van der Waals surface area contributed by atoms with Gasteiger partial charge in [0, 0.05) is 11.6 Å². The van der Waals surface area contributed by atoms with Crippen molar-refractivity contribution >= 4 is 11.6 Å². The molecular weight excluding hydrogens is 422 g/mol. The van der Waals surface area contributed by atoms with Crippen LogP contribution in [0.5, 0.6) is 17.4 Å². The number of methoxy groups -OCH3 is 2. The number of aromatic nitrogens is 2. The first-order valence-corrected chi connectivity index (χ1v) is 10.1. The Morgan fingerprint density at radius 3 is 2.55 bits per heavy atom. The van der Waals surface area contributed by atoms with Crippen LogP contribution in [-0.4, -0.2) is 35.4 Å². The van der Waals surface area contributed by atoms with Gasteiger partial charge in [-0.15, -0.1) is 0 Å². The third kappa shape index (κ3) is 3.58. The number of hydrogen-bond donors (Lipinski definition) is 3. The predicted octanol–water partition coefficient (Wildman–Crippen LogP) is 2.45. The lowest BCUT2D eigenvalue weighted by atomic mass is 9.90. The van der Waals surface area contributed by atoms with E-state index in [4.69, 9.17) is 21.1 Å². The summed E-state index contributed by atoms with van der Waals surface area (Å²) in [6.07, 6.45) is 0.706. The molecule has 0 amide bonds. The van der Waals surface area contributed by atoms with Gasteiger partial charge in [-0.25, -0.2) is 9.36 Å². The van der Waals surface area contributed by atoms with E-state index in [0.29, 0.717) is 40.7 Å². The number of H-pyrrole nitrogens is 1. The number of aromatic amines is 1. The molecule has 2 heterocycles. The smallest absolute Gasteiger partial charge is 0.335 e. The number of hydrogen-bond acceptors (Lipinski definition) is 6. The molecule has 0 radical (unpaired) electrons. The molecule has 0 saturated heterocycles. The molecule has 9 heteroatoms. The molecule has 8 nitrogen and oxygen atoms in total. The number of aryl methyl sites for hydroxylation is 1. The van der Waals surface area contributed by atoms with Crippen LogP contribution in [0.25, 0.3) is 5.69 Å². The number of nitrogens with zero attached hydrogens (tertiary/aromatic N) is 1. The van der Waals surface area contributed by atoms with E-state index in [1.807, 2.05) is 6.07 Å². The monoisotopic (exact) mass is 443 g/mol. The lowest BCUT2D eigenvalue weighted by Gasteiger charge is -2.28. The zero-order valence-electron chi connectivity index (χ0n) is 17.3. The Morgan fingerprint density at radius 2 is 1.84 bits per heavy atom. The molecule has 162 valence electrons. The van der Waals surface area contributed by atoms with Crippen LogP contribution in [0.15, 0.2) is 39.9 Å². The van der Waals surface area contributed by atoms with Crippen molar-refractivity contribution in [3.8, 4) is 23.1 Å². The van der Waals surface area contributed by atoms with E-state index in [1.54, 1.807) is 38.3 Å². The van der Waals surface area contributed by atoms with Crippen molar-refractivity contribution in [2.45, 2.75) is 19.4 Å². The molecule has 31 heavy (non-hydrogen) atoms. The van der Waals surface area contributed by atoms with Gasteiger partial charge < -0.3 is 19.9 Å². The van der Waals surface area contributed by atoms with Crippen LogP contribution in [-0.2, 0) is 6.42 Å². The van der Waals surface area contributed by atoms with E-state index in [0.717, 1.165) is 15.7 Å². The molecule has 1 aliphatic rings. The largest absolute Gasteiger partial charge is 0.494 e. The fraction of sp³-hybridized carbons (Fsp3) is 0.273. The van der Waals surface area contributed by atoms with Crippen molar-refractivity contribution in [2.24, 2.45) is 0 Å². The summed E-state index contributed by atoms with van der Waals surface area (Å²) in [6.45, 7) is 2.36. The number of nitrogens with one attached hydrogen (secondary N) is 2. The number of aromatic hydroxyl groups is 1. The first-order chi connectivity index (χ1) is 14.8. The van der Waals surface area contributed by atoms with Gasteiger partial charge >= 0.3 is 5.69 Å². The fourth-order valence-electron chi connectivity index (χ4n) is 3.99. The molecule has 1 aromatic heterocycles. The van der Waals surface area contributed by atoms with E-state index in [9.17, 15) is 14.7 Å². The number of benzene rings is 2. The minimum atomic E-state index is -0.750. The van der Waals surface area contributed by atoms with Gasteiger partial charge in [0.1, 0.15) is 0 Å². The topological polar surface area (TPSA) is 106 Å². The maximum Gasteiger partial charge on any atom is 0.335 e. The molecule has 1 unspecified atom stereocenters. The van der Waals surface area contributed by atoms with Crippen LogP contribution in [0.2, 0.25) is 5.02 Å². The Balaban J connectivity index is 1.96. The van der Waals surface area contributed by atoms with Gasteiger partial charge in [0.15, 0.2) is 11.5 Å². The lowest BCUT2D eigenvalue weighted by molar-refractivity contribution is 0.352. The minimum absolute atomic E-state index is 0.0344. The van der Waals surface area contributed by atoms with Gasteiger partial charge in [0.2, 0.25) is 5.88 Å². The zero-order chi connectivity index (χ0) is 22.3. The van der Waals surface area contributed by atoms with Crippen LogP contribution in [0.1, 0.15) is 28.3 Å². The summed E-state index contributed by atoms with van der Waals surface area (Å²) in [5.74, 6) is 0.642. The summed E-state index contributed by atoms with van der Waals surface area (Å²) in [5, 5.41) is 14.8. The molecule has 3 aromatic rings. The summed E-state index contributed by atoms with van der Waals surface area (Å²) < 4.78 is 11.9. The average Bonchev–Trinajstić information content (AvgIpc) is 2.75. The molecule has 1 atom stereocenters. The summed E-state index contributed by atoms with van der Waals surface area (Å²) in [6, 6.07) is 7.98. The fourth-order valence-corrected chi connectivity index (χ4v) is 4.15. The molecule has 0 aliphatic carbocycles. The molecular formula is C22H22ClN3O5. The summed E-state index contributed by atoms with van der Waals surface area (Å²) in [5.41, 5.74) is 1.43. The SMILES string of the molecule is COc1cc2c(cc1OC)C(c1c(O)n(-c3cc(Cl)ccc3C)c(=O)[nH]c1=O)NCC2. The van der Waals surface area contributed by atoms with Crippen molar-refractivity contribution in [1.29, 1.82) is 0 Å². The van der Waals surface area contributed by atoms with E-state index in [2.05, 4.69) is 10.3 Å². The number of rotatable bonds is 4. The maximum absolute atomic E-state index is 12.8. The standard InChI is InChI=1S/C22H22ClN3O5/c1-11-4-5-13(23)9-15(11)26-21(28)18(20(27)25-22(26)29)19-14-10-17(31-3)16(30-2)8-12(14)6-7-24-19/h4-5,8-10,19,24,28H,6-7H2,1-3H3,(H,25,27,29). The lowest BCUT2D eigenvalue weighted by Crippen LogP contribution is -2.38. The summed E-state index contributed by atoms with van der Waals surface area (Å²) in [7, 11) is 3.09. The van der Waals surface area contributed by atoms with E-state index >= 15 is 0 Å². The first-order valence-electron chi connectivity index (χ1n) is 9.68. The van der Waals surface area contributed by atoms with Crippen LogP contribution in [0.3, 0.4) is 0 Å². The van der Waals surface area contributed by atoms with Gasteiger partial charge in [-0.05, 0) is 54.3 Å². The zero-order valence-corrected chi connectivity index (χ0v) is 18.0. The highest BCUT2D eigenvalue weighted by Gasteiger charge is 2.30. The molecule has 0 fully saturated rings. The summed E-state index contributed by atoms with van der Waals surface area (Å²) in [4.78, 5) is 27.8. The Labute approximate surface area is 183 Å². The Bertz CT molecular complexity index is 1280. The van der Waals surface area contributed by atoms with E-state index in [-0.39, 0.29) is 5.56 Å². The van der Waals surface area contributed by atoms with Gasteiger partial charge in [-0.3, -0.25) is 9.78 Å². The van der Waals surface area contributed by atoms with Gasteiger partial charge in [0.05, 0.1) is 31.5 Å². The highest BCUT2D eigenvalue weighted by atomic mass is 35.5. The van der Waals surface area contributed by atoms with Gasteiger partial charge in [-0.1, -0.05) is 17.7 Å². The van der Waals surface area contributed by atoms with Gasteiger partial charge in [0.25, 0.3) is 5.56 Å². The second-order valence-electron chi connectivity index (χ2n) is 7.31. The Morgan fingerprint density at radius 1 is 1.13 bits per heavy atom. The molecule has 2 aromatic carbocycles. The van der Waals surface area contributed by atoms with Crippen molar-refractivity contribution in [2.75, 3.05) is 20.8 Å². The normalized spacial score (nSPS) is 15.4. The van der Waals surface area contributed by atoms with E-state index < -0.39 is 23.2 Å². The third-order valence-electron chi connectivity index (χ3n) is 5.52. The minimum Gasteiger partial charge on any atom is -0.494 e. The quantitative estimate of drug-likeness (QED) is 0.572. The molecule has 0 spiro atoms. The highest BCUT2D eigenvalue weighted by Crippen LogP contribution is 2.38. The molecule has 0 saturated carbocycles. The maximum atomic E-state index is 12.8. The van der Waals surface area contributed by atoms with Gasteiger partial charge in [-0.2, -0.15) is 0 Å². The average molecular weight is 444 g/mol. The third-order valence-corrected chi connectivity index (χ3v) is 5.76. The van der Waals surface area contributed by atoms with E-state index in [1.165, 1.54) is 7.11 Å². The molecule has 0 bridgehead atoms. The van der Waals surface area contributed by atoms with Crippen molar-refractivity contribution < 1.29 is 14.6 Å². The molecule has 3 N–H and O–H groups in total. The number of halogens is 1. The van der Waals surface area contributed by atoms with Crippen LogP contribution in [0.4, 0.5) is 0 Å². The van der Waals surface area contributed by atoms with Crippen LogP contribution < -0.4 is 26.0 Å². The first kappa shape index (κ1) is 21.0. The van der Waals surface area contributed by atoms with Crippen molar-refractivity contribution in [3.63, 3.8) is 0 Å². The van der Waals surface area contributed by atoms with Crippen LogP contribution in [0, 0.1) is 6.92 Å².